The third kappa shape index (κ3) is 5.25. The molecule has 4 nitrogen and oxygen atoms in total. The van der Waals surface area contributed by atoms with E-state index >= 15 is 0 Å². The van der Waals surface area contributed by atoms with Crippen LogP contribution in [0, 0.1) is 0 Å². The zero-order valence-electron chi connectivity index (χ0n) is 8.08. The number of carbonyl (C=O) groups is 1. The number of carboxylic acids is 1. The number of aliphatic hydroxyl groups is 1. The average Bonchev–Trinajstić information content (AvgIpc) is 2.04. The number of hydrogen-bond donors (Lipinski definition) is 3. The van der Waals surface area contributed by atoms with Gasteiger partial charge in [-0.05, 0) is 19.8 Å². The molecule has 0 heterocycles. The average molecular weight is 187 g/mol. The summed E-state index contributed by atoms with van der Waals surface area (Å²) in [5, 5.41) is 20.1. The minimum atomic E-state index is -0.977. The standard InChI is InChI=1S/C9H17NO3/c1-3-9(2,5-7-11)10-6-4-8(12)13/h4,6,10-11H,3,5,7H2,1-2H3,(H,12,13)/b6-4+. The van der Waals surface area contributed by atoms with E-state index in [4.69, 9.17) is 10.2 Å². The molecule has 0 spiro atoms. The molecular weight excluding hydrogens is 170 g/mol. The van der Waals surface area contributed by atoms with Crippen LogP contribution in [0.3, 0.4) is 0 Å². The highest BCUT2D eigenvalue weighted by Crippen LogP contribution is 2.13. The van der Waals surface area contributed by atoms with Gasteiger partial charge in [0, 0.05) is 24.4 Å². The molecule has 0 rings (SSSR count). The van der Waals surface area contributed by atoms with Gasteiger partial charge in [-0.25, -0.2) is 4.79 Å². The Morgan fingerprint density at radius 2 is 2.23 bits per heavy atom. The van der Waals surface area contributed by atoms with Crippen molar-refractivity contribution in [2.45, 2.75) is 32.2 Å². The van der Waals surface area contributed by atoms with Gasteiger partial charge in [-0.15, -0.1) is 0 Å². The molecule has 0 aliphatic heterocycles. The van der Waals surface area contributed by atoms with E-state index < -0.39 is 5.97 Å². The second-order valence-electron chi connectivity index (χ2n) is 3.20. The predicted molar refractivity (Wildman–Crippen MR) is 50.3 cm³/mol. The van der Waals surface area contributed by atoms with Gasteiger partial charge in [-0.3, -0.25) is 0 Å². The highest BCUT2D eigenvalue weighted by Gasteiger charge is 2.18. The second kappa shape index (κ2) is 5.59. The first-order valence-corrected chi connectivity index (χ1v) is 4.32. The maximum atomic E-state index is 10.2. The molecule has 1 unspecified atom stereocenters. The maximum absolute atomic E-state index is 10.2. The Morgan fingerprint density at radius 1 is 1.62 bits per heavy atom. The van der Waals surface area contributed by atoms with Crippen LogP contribution in [0.25, 0.3) is 0 Å². The highest BCUT2D eigenvalue weighted by atomic mass is 16.4. The van der Waals surface area contributed by atoms with E-state index in [0.717, 1.165) is 12.5 Å². The van der Waals surface area contributed by atoms with E-state index in [1.54, 1.807) is 0 Å². The number of rotatable bonds is 6. The van der Waals surface area contributed by atoms with E-state index in [9.17, 15) is 4.79 Å². The molecule has 0 aliphatic rings. The first-order valence-electron chi connectivity index (χ1n) is 4.32. The summed E-state index contributed by atoms with van der Waals surface area (Å²) in [4.78, 5) is 10.2. The summed E-state index contributed by atoms with van der Waals surface area (Å²) in [6.45, 7) is 4.02. The van der Waals surface area contributed by atoms with Crippen LogP contribution in [-0.2, 0) is 4.79 Å². The molecule has 0 aliphatic carbocycles. The largest absolute Gasteiger partial charge is 0.478 e. The van der Waals surface area contributed by atoms with E-state index in [2.05, 4.69) is 5.32 Å². The topological polar surface area (TPSA) is 69.6 Å². The van der Waals surface area contributed by atoms with Crippen LogP contribution >= 0.6 is 0 Å². The van der Waals surface area contributed by atoms with Crippen LogP contribution in [0.4, 0.5) is 0 Å². The zero-order valence-corrected chi connectivity index (χ0v) is 8.08. The minimum absolute atomic E-state index is 0.0955. The first-order chi connectivity index (χ1) is 6.04. The normalized spacial score (nSPS) is 15.6. The van der Waals surface area contributed by atoms with Crippen LogP contribution < -0.4 is 5.32 Å². The maximum Gasteiger partial charge on any atom is 0.329 e. The van der Waals surface area contributed by atoms with Gasteiger partial charge in [0.1, 0.15) is 0 Å². The monoisotopic (exact) mass is 187 g/mol. The summed E-state index contributed by atoms with van der Waals surface area (Å²) in [6, 6.07) is 0. The summed E-state index contributed by atoms with van der Waals surface area (Å²) in [5.41, 5.74) is -0.222. The van der Waals surface area contributed by atoms with Gasteiger partial charge >= 0.3 is 5.97 Å². The molecule has 0 aromatic carbocycles. The Hall–Kier alpha value is -1.03. The number of aliphatic hydroxyl groups excluding tert-OH is 1. The fourth-order valence-electron chi connectivity index (χ4n) is 0.912. The number of hydrogen-bond acceptors (Lipinski definition) is 3. The van der Waals surface area contributed by atoms with E-state index in [-0.39, 0.29) is 12.1 Å². The van der Waals surface area contributed by atoms with E-state index in [0.29, 0.717) is 6.42 Å². The lowest BCUT2D eigenvalue weighted by molar-refractivity contribution is -0.131. The molecule has 1 atom stereocenters. The summed E-state index contributed by atoms with van der Waals surface area (Å²) in [6.07, 6.45) is 3.89. The first kappa shape index (κ1) is 12.0. The lowest BCUT2D eigenvalue weighted by atomic mass is 9.95. The summed E-state index contributed by atoms with van der Waals surface area (Å²) in [7, 11) is 0. The Balaban J connectivity index is 4.03. The van der Waals surface area contributed by atoms with Crippen LogP contribution in [0.2, 0.25) is 0 Å². The van der Waals surface area contributed by atoms with Gasteiger partial charge in [0.25, 0.3) is 0 Å². The second-order valence-corrected chi connectivity index (χ2v) is 3.20. The van der Waals surface area contributed by atoms with Gasteiger partial charge in [-0.1, -0.05) is 6.92 Å². The molecule has 0 aromatic heterocycles. The third-order valence-electron chi connectivity index (χ3n) is 2.10. The van der Waals surface area contributed by atoms with Crippen molar-refractivity contribution >= 4 is 5.97 Å². The Morgan fingerprint density at radius 3 is 2.62 bits per heavy atom. The predicted octanol–water partition coefficient (Wildman–Crippen LogP) is 0.725. The molecule has 0 aromatic rings. The molecule has 0 radical (unpaired) electrons. The van der Waals surface area contributed by atoms with Gasteiger partial charge in [-0.2, -0.15) is 0 Å². The van der Waals surface area contributed by atoms with E-state index in [1.165, 1.54) is 6.20 Å². The van der Waals surface area contributed by atoms with Crippen LogP contribution in [0.15, 0.2) is 12.3 Å². The van der Waals surface area contributed by atoms with Crippen molar-refractivity contribution < 1.29 is 15.0 Å². The van der Waals surface area contributed by atoms with Crippen molar-refractivity contribution in [2.24, 2.45) is 0 Å². The van der Waals surface area contributed by atoms with Gasteiger partial charge in [0.2, 0.25) is 0 Å². The fraction of sp³-hybridized carbons (Fsp3) is 0.667. The lowest BCUT2D eigenvalue weighted by Gasteiger charge is -2.27. The van der Waals surface area contributed by atoms with Crippen molar-refractivity contribution in [3.63, 3.8) is 0 Å². The van der Waals surface area contributed by atoms with Crippen molar-refractivity contribution in [3.8, 4) is 0 Å². The molecule has 0 fully saturated rings. The molecular formula is C9H17NO3. The molecule has 76 valence electrons. The summed E-state index contributed by atoms with van der Waals surface area (Å²) in [5.74, 6) is -0.977. The summed E-state index contributed by atoms with van der Waals surface area (Å²) >= 11 is 0. The summed E-state index contributed by atoms with van der Waals surface area (Å²) < 4.78 is 0. The number of aliphatic carboxylic acids is 1. The third-order valence-corrected chi connectivity index (χ3v) is 2.10. The molecule has 0 amide bonds. The van der Waals surface area contributed by atoms with Gasteiger partial charge in [0.15, 0.2) is 0 Å². The molecule has 0 saturated carbocycles. The Kier molecular flexibility index (Phi) is 5.14. The van der Waals surface area contributed by atoms with Crippen molar-refractivity contribution in [1.29, 1.82) is 0 Å². The molecule has 0 bridgehead atoms. The number of nitrogens with one attached hydrogen (secondary N) is 1. The molecule has 3 N–H and O–H groups in total. The highest BCUT2D eigenvalue weighted by molar-refractivity contribution is 5.79. The van der Waals surface area contributed by atoms with Gasteiger partial charge < -0.3 is 15.5 Å². The van der Waals surface area contributed by atoms with Gasteiger partial charge in [0.05, 0.1) is 0 Å². The van der Waals surface area contributed by atoms with Crippen molar-refractivity contribution in [1.82, 2.24) is 5.32 Å². The zero-order chi connectivity index (χ0) is 10.3. The quantitative estimate of drug-likeness (QED) is 0.536. The van der Waals surface area contributed by atoms with Crippen LogP contribution in [-0.4, -0.2) is 28.3 Å². The minimum Gasteiger partial charge on any atom is -0.478 e. The molecule has 13 heavy (non-hydrogen) atoms. The Labute approximate surface area is 78.3 Å². The molecule has 0 saturated heterocycles. The SMILES string of the molecule is CCC(C)(CCO)N/C=C/C(=O)O. The van der Waals surface area contributed by atoms with E-state index in [1.807, 2.05) is 13.8 Å². The molecule has 4 heteroatoms. The van der Waals surface area contributed by atoms with Crippen LogP contribution in [0.1, 0.15) is 26.7 Å². The number of carboxylic acid groups (broad SMARTS) is 1. The lowest BCUT2D eigenvalue weighted by Crippen LogP contribution is -2.39. The van der Waals surface area contributed by atoms with Crippen molar-refractivity contribution in [3.05, 3.63) is 12.3 Å². The fourth-order valence-corrected chi connectivity index (χ4v) is 0.912. The van der Waals surface area contributed by atoms with Crippen LogP contribution in [0.5, 0.6) is 0 Å². The Bertz CT molecular complexity index is 191. The van der Waals surface area contributed by atoms with Crippen molar-refractivity contribution in [2.75, 3.05) is 6.61 Å². The smallest absolute Gasteiger partial charge is 0.329 e.